The predicted molar refractivity (Wildman–Crippen MR) is 65.5 cm³/mol. The lowest BCUT2D eigenvalue weighted by atomic mass is 10.2. The van der Waals surface area contributed by atoms with Crippen LogP contribution in [0.1, 0.15) is 32.6 Å². The standard InChI is InChI=1S/C11H20N2O2S/c1-3-6-10(4-2)13-16(14,15)9-11-7-5-8-12-11/h1,10-13H,4-9H2,2H3. The highest BCUT2D eigenvalue weighted by Crippen LogP contribution is 2.08. The van der Waals surface area contributed by atoms with Gasteiger partial charge >= 0.3 is 0 Å². The van der Waals surface area contributed by atoms with Crippen LogP contribution in [0.15, 0.2) is 0 Å². The quantitative estimate of drug-likeness (QED) is 0.667. The van der Waals surface area contributed by atoms with Gasteiger partial charge in [-0.1, -0.05) is 6.92 Å². The first-order valence-electron chi connectivity index (χ1n) is 5.74. The minimum absolute atomic E-state index is 0.0980. The Balaban J connectivity index is 2.46. The molecule has 0 amide bonds. The van der Waals surface area contributed by atoms with Crippen molar-refractivity contribution in [1.82, 2.24) is 10.0 Å². The second-order valence-corrected chi connectivity index (χ2v) is 6.00. The molecule has 5 heteroatoms. The molecule has 0 saturated carbocycles. The Labute approximate surface area is 98.2 Å². The third kappa shape index (κ3) is 4.52. The summed E-state index contributed by atoms with van der Waals surface area (Å²) < 4.78 is 26.3. The fraction of sp³-hybridized carbons (Fsp3) is 0.818. The van der Waals surface area contributed by atoms with Crippen molar-refractivity contribution in [3.05, 3.63) is 0 Å². The molecule has 0 spiro atoms. The van der Waals surface area contributed by atoms with Gasteiger partial charge in [-0.2, -0.15) is 0 Å². The molecule has 4 nitrogen and oxygen atoms in total. The topological polar surface area (TPSA) is 58.2 Å². The lowest BCUT2D eigenvalue weighted by Gasteiger charge is -2.17. The number of hydrogen-bond donors (Lipinski definition) is 2. The molecule has 1 heterocycles. The predicted octanol–water partition coefficient (Wildman–Crippen LogP) is 0.460. The van der Waals surface area contributed by atoms with E-state index in [0.29, 0.717) is 6.42 Å². The van der Waals surface area contributed by atoms with Gasteiger partial charge in [-0.15, -0.1) is 12.3 Å². The monoisotopic (exact) mass is 244 g/mol. The Morgan fingerprint density at radius 3 is 2.88 bits per heavy atom. The Hall–Kier alpha value is -0.570. The first kappa shape index (κ1) is 13.5. The third-order valence-corrected chi connectivity index (χ3v) is 4.32. The highest BCUT2D eigenvalue weighted by Gasteiger charge is 2.23. The van der Waals surface area contributed by atoms with Crippen LogP contribution in [0.2, 0.25) is 0 Å². The molecule has 0 bridgehead atoms. The summed E-state index contributed by atoms with van der Waals surface area (Å²) in [5.41, 5.74) is 0. The van der Waals surface area contributed by atoms with Crippen LogP contribution in [0.4, 0.5) is 0 Å². The third-order valence-electron chi connectivity index (χ3n) is 2.79. The van der Waals surface area contributed by atoms with Crippen LogP contribution in [-0.2, 0) is 10.0 Å². The van der Waals surface area contributed by atoms with Crippen LogP contribution in [-0.4, -0.2) is 32.8 Å². The first-order valence-corrected chi connectivity index (χ1v) is 7.39. The molecule has 0 aliphatic carbocycles. The number of nitrogens with one attached hydrogen (secondary N) is 2. The molecule has 1 saturated heterocycles. The summed E-state index contributed by atoms with van der Waals surface area (Å²) in [7, 11) is -3.21. The van der Waals surface area contributed by atoms with Crippen LogP contribution >= 0.6 is 0 Å². The lowest BCUT2D eigenvalue weighted by Crippen LogP contribution is -2.41. The van der Waals surface area contributed by atoms with Crippen molar-refractivity contribution in [3.63, 3.8) is 0 Å². The first-order chi connectivity index (χ1) is 7.57. The second kappa shape index (κ2) is 6.24. The Morgan fingerprint density at radius 2 is 2.38 bits per heavy atom. The zero-order valence-electron chi connectivity index (χ0n) is 9.70. The van der Waals surface area contributed by atoms with Gasteiger partial charge in [0.05, 0.1) is 5.75 Å². The van der Waals surface area contributed by atoms with E-state index in [1.54, 1.807) is 0 Å². The fourth-order valence-electron chi connectivity index (χ4n) is 1.88. The van der Waals surface area contributed by atoms with Crippen molar-refractivity contribution < 1.29 is 8.42 Å². The van der Waals surface area contributed by atoms with Crippen molar-refractivity contribution in [1.29, 1.82) is 0 Å². The van der Waals surface area contributed by atoms with E-state index in [1.165, 1.54) is 0 Å². The Bertz CT molecular complexity index is 339. The van der Waals surface area contributed by atoms with E-state index >= 15 is 0 Å². The summed E-state index contributed by atoms with van der Waals surface area (Å²) >= 11 is 0. The average molecular weight is 244 g/mol. The van der Waals surface area contributed by atoms with Gasteiger partial charge in [0.15, 0.2) is 0 Å². The molecule has 2 N–H and O–H groups in total. The number of sulfonamides is 1. The number of hydrogen-bond acceptors (Lipinski definition) is 3. The van der Waals surface area contributed by atoms with Gasteiger partial charge in [0.1, 0.15) is 0 Å². The molecule has 1 aliphatic heterocycles. The minimum atomic E-state index is -3.21. The largest absolute Gasteiger partial charge is 0.313 e. The van der Waals surface area contributed by atoms with Gasteiger partial charge in [0.25, 0.3) is 0 Å². The summed E-state index contributed by atoms with van der Waals surface area (Å²) in [5, 5.41) is 3.18. The molecule has 1 fully saturated rings. The molecule has 1 rings (SSSR count). The molecule has 0 aromatic carbocycles. The normalized spacial score (nSPS) is 22.9. The zero-order chi connectivity index (χ0) is 12.0. The Kier molecular flexibility index (Phi) is 5.26. The van der Waals surface area contributed by atoms with Gasteiger partial charge in [-0.3, -0.25) is 0 Å². The molecule has 0 aromatic rings. The van der Waals surface area contributed by atoms with Crippen LogP contribution in [0.3, 0.4) is 0 Å². The van der Waals surface area contributed by atoms with Crippen molar-refractivity contribution in [2.45, 2.75) is 44.7 Å². The zero-order valence-corrected chi connectivity index (χ0v) is 10.5. The number of rotatable bonds is 6. The van der Waals surface area contributed by atoms with Gasteiger partial charge in [-0.05, 0) is 25.8 Å². The van der Waals surface area contributed by atoms with E-state index in [9.17, 15) is 8.42 Å². The molecule has 92 valence electrons. The van der Waals surface area contributed by atoms with Gasteiger partial charge in [0, 0.05) is 18.5 Å². The molecule has 1 aliphatic rings. The molecular weight excluding hydrogens is 224 g/mol. The van der Waals surface area contributed by atoms with Crippen molar-refractivity contribution >= 4 is 10.0 Å². The van der Waals surface area contributed by atoms with Gasteiger partial charge in [0.2, 0.25) is 10.0 Å². The summed E-state index contributed by atoms with van der Waals surface area (Å²) in [4.78, 5) is 0. The Morgan fingerprint density at radius 1 is 1.62 bits per heavy atom. The molecule has 16 heavy (non-hydrogen) atoms. The summed E-state index contributed by atoms with van der Waals surface area (Å²) in [6.45, 7) is 2.85. The van der Waals surface area contributed by atoms with E-state index < -0.39 is 10.0 Å². The van der Waals surface area contributed by atoms with Crippen LogP contribution < -0.4 is 10.0 Å². The summed E-state index contributed by atoms with van der Waals surface area (Å²) in [6, 6.07) is -0.0303. The van der Waals surface area contributed by atoms with E-state index in [4.69, 9.17) is 6.42 Å². The van der Waals surface area contributed by atoms with E-state index in [2.05, 4.69) is 16.0 Å². The summed E-state index contributed by atoms with van der Waals surface area (Å²) in [6.07, 6.45) is 8.36. The maximum Gasteiger partial charge on any atom is 0.213 e. The molecule has 2 unspecified atom stereocenters. The molecule has 0 aromatic heterocycles. The van der Waals surface area contributed by atoms with Crippen molar-refractivity contribution in [3.8, 4) is 12.3 Å². The van der Waals surface area contributed by atoms with Gasteiger partial charge in [-0.25, -0.2) is 13.1 Å². The highest BCUT2D eigenvalue weighted by atomic mass is 32.2. The van der Waals surface area contributed by atoms with Crippen LogP contribution in [0.5, 0.6) is 0 Å². The second-order valence-electron chi connectivity index (χ2n) is 4.21. The minimum Gasteiger partial charge on any atom is -0.313 e. The molecule has 0 radical (unpaired) electrons. The lowest BCUT2D eigenvalue weighted by molar-refractivity contribution is 0.532. The fourth-order valence-corrected chi connectivity index (χ4v) is 3.55. The summed E-state index contributed by atoms with van der Waals surface area (Å²) in [5.74, 6) is 2.65. The number of terminal acetylenes is 1. The smallest absolute Gasteiger partial charge is 0.213 e. The maximum absolute atomic E-state index is 11.8. The van der Waals surface area contributed by atoms with E-state index in [-0.39, 0.29) is 17.8 Å². The van der Waals surface area contributed by atoms with Crippen molar-refractivity contribution in [2.75, 3.05) is 12.3 Å². The average Bonchev–Trinajstić information content (AvgIpc) is 2.68. The van der Waals surface area contributed by atoms with Crippen molar-refractivity contribution in [2.24, 2.45) is 0 Å². The SMILES string of the molecule is C#CCC(CC)NS(=O)(=O)CC1CCCN1. The maximum atomic E-state index is 11.8. The molecule has 2 atom stereocenters. The van der Waals surface area contributed by atoms with E-state index in [1.807, 2.05) is 6.92 Å². The van der Waals surface area contributed by atoms with Gasteiger partial charge < -0.3 is 5.32 Å². The van der Waals surface area contributed by atoms with Crippen LogP contribution in [0.25, 0.3) is 0 Å². The van der Waals surface area contributed by atoms with Crippen LogP contribution in [0, 0.1) is 12.3 Å². The molecular formula is C11H20N2O2S. The van der Waals surface area contributed by atoms with E-state index in [0.717, 1.165) is 25.8 Å². The highest BCUT2D eigenvalue weighted by molar-refractivity contribution is 7.89.